The number of hydrogen-bond acceptors (Lipinski definition) is 3. The van der Waals surface area contributed by atoms with E-state index in [-0.39, 0.29) is 11.6 Å². The van der Waals surface area contributed by atoms with Crippen LogP contribution in [0.15, 0.2) is 53.9 Å². The van der Waals surface area contributed by atoms with E-state index in [0.717, 1.165) is 17.6 Å². The second-order valence-corrected chi connectivity index (χ2v) is 6.22. The first-order chi connectivity index (χ1) is 11.0. The molecule has 118 valence electrons. The van der Waals surface area contributed by atoms with Crippen molar-refractivity contribution in [1.29, 1.82) is 0 Å². The Labute approximate surface area is 135 Å². The molecule has 0 unspecified atom stereocenters. The van der Waals surface area contributed by atoms with Crippen LogP contribution in [-0.4, -0.2) is 20.5 Å². The van der Waals surface area contributed by atoms with Gasteiger partial charge in [-0.2, -0.15) is 0 Å². The van der Waals surface area contributed by atoms with Crippen LogP contribution in [0.5, 0.6) is 0 Å². The van der Waals surface area contributed by atoms with Crippen LogP contribution in [0, 0.1) is 11.6 Å². The van der Waals surface area contributed by atoms with Gasteiger partial charge in [-0.25, -0.2) is 13.8 Å². The summed E-state index contributed by atoms with van der Waals surface area (Å²) in [7, 11) is 0. The van der Waals surface area contributed by atoms with Gasteiger partial charge in [0.1, 0.15) is 0 Å². The van der Waals surface area contributed by atoms with Gasteiger partial charge in [-0.05, 0) is 31.2 Å². The van der Waals surface area contributed by atoms with Crippen LogP contribution >= 0.6 is 11.8 Å². The molecule has 7 heteroatoms. The predicted octanol–water partition coefficient (Wildman–Crippen LogP) is 3.73. The number of imidazole rings is 1. The number of aromatic nitrogens is 2. The number of rotatable bonds is 4. The zero-order chi connectivity index (χ0) is 16.4. The predicted molar refractivity (Wildman–Crippen MR) is 85.5 cm³/mol. The molecule has 4 nitrogen and oxygen atoms in total. The Balaban J connectivity index is 1.71. The lowest BCUT2D eigenvalue weighted by molar-refractivity contribution is -0.115. The van der Waals surface area contributed by atoms with E-state index in [9.17, 15) is 13.6 Å². The van der Waals surface area contributed by atoms with Crippen LogP contribution in [0.4, 0.5) is 14.5 Å². The highest BCUT2D eigenvalue weighted by Crippen LogP contribution is 2.24. The molecule has 0 fully saturated rings. The summed E-state index contributed by atoms with van der Waals surface area (Å²) in [6.07, 6.45) is 3.59. The van der Waals surface area contributed by atoms with Crippen molar-refractivity contribution in [3.8, 4) is 0 Å². The molecular formula is C16H13F2N3OS. The van der Waals surface area contributed by atoms with E-state index < -0.39 is 16.9 Å². The molecular weight excluding hydrogens is 320 g/mol. The lowest BCUT2D eigenvalue weighted by Crippen LogP contribution is -2.22. The van der Waals surface area contributed by atoms with Crippen molar-refractivity contribution in [2.45, 2.75) is 17.3 Å². The average Bonchev–Trinajstić information content (AvgIpc) is 2.94. The summed E-state index contributed by atoms with van der Waals surface area (Å²) in [4.78, 5) is 16.5. The maximum atomic E-state index is 13.2. The molecule has 0 radical (unpaired) electrons. The van der Waals surface area contributed by atoms with Crippen molar-refractivity contribution >= 4 is 28.9 Å². The maximum Gasteiger partial charge on any atom is 0.237 e. The molecule has 0 saturated carbocycles. The molecule has 2 heterocycles. The number of hydrogen-bond donors (Lipinski definition) is 1. The first-order valence-corrected chi connectivity index (χ1v) is 7.77. The highest BCUT2D eigenvalue weighted by molar-refractivity contribution is 8.00. The topological polar surface area (TPSA) is 46.4 Å². The van der Waals surface area contributed by atoms with E-state index in [1.165, 1.54) is 17.8 Å². The zero-order valence-electron chi connectivity index (χ0n) is 12.2. The fourth-order valence-corrected chi connectivity index (χ4v) is 2.91. The molecule has 0 saturated heterocycles. The minimum atomic E-state index is -0.998. The number of carbonyl (C=O) groups excluding carboxylic acids is 1. The standard InChI is InChI=1S/C16H13F2N3OS/c1-10(15(22)20-11-5-6-13(17)14(18)8-11)23-16-19-9-12-4-2-3-7-21(12)16/h2-10H,1H3,(H,20,22)/t10-/m0/s1. The molecule has 1 aromatic carbocycles. The molecule has 0 aliphatic carbocycles. The number of anilines is 1. The van der Waals surface area contributed by atoms with Crippen molar-refractivity contribution in [1.82, 2.24) is 9.38 Å². The first-order valence-electron chi connectivity index (χ1n) is 6.89. The fraction of sp³-hybridized carbons (Fsp3) is 0.125. The summed E-state index contributed by atoms with van der Waals surface area (Å²) in [5.41, 5.74) is 1.15. The monoisotopic (exact) mass is 333 g/mol. The van der Waals surface area contributed by atoms with Gasteiger partial charge in [-0.3, -0.25) is 9.20 Å². The number of thioether (sulfide) groups is 1. The van der Waals surface area contributed by atoms with Crippen LogP contribution in [0.1, 0.15) is 6.92 Å². The summed E-state index contributed by atoms with van der Waals surface area (Å²) in [6, 6.07) is 8.96. The summed E-state index contributed by atoms with van der Waals surface area (Å²) in [5.74, 6) is -2.26. The molecule has 1 amide bonds. The Morgan fingerprint density at radius 1 is 1.26 bits per heavy atom. The Bertz CT molecular complexity index is 865. The number of fused-ring (bicyclic) bond motifs is 1. The maximum absolute atomic E-state index is 13.2. The van der Waals surface area contributed by atoms with Crippen LogP contribution < -0.4 is 5.32 Å². The molecule has 0 bridgehead atoms. The molecule has 23 heavy (non-hydrogen) atoms. The van der Waals surface area contributed by atoms with E-state index in [4.69, 9.17) is 0 Å². The second kappa shape index (κ2) is 6.37. The molecule has 1 atom stereocenters. The Kier molecular flexibility index (Phi) is 4.29. The van der Waals surface area contributed by atoms with Crippen LogP contribution in [0.2, 0.25) is 0 Å². The van der Waals surface area contributed by atoms with Gasteiger partial charge in [0, 0.05) is 18.0 Å². The molecule has 1 N–H and O–H groups in total. The highest BCUT2D eigenvalue weighted by atomic mass is 32.2. The molecule has 3 aromatic rings. The van der Waals surface area contributed by atoms with E-state index in [0.29, 0.717) is 5.16 Å². The molecule has 0 aliphatic rings. The Morgan fingerprint density at radius 3 is 2.87 bits per heavy atom. The van der Waals surface area contributed by atoms with E-state index in [2.05, 4.69) is 10.3 Å². The summed E-state index contributed by atoms with van der Waals surface area (Å²) in [6.45, 7) is 1.73. The van der Waals surface area contributed by atoms with Crippen molar-refractivity contribution in [2.75, 3.05) is 5.32 Å². The van der Waals surface area contributed by atoms with Crippen LogP contribution in [0.25, 0.3) is 5.52 Å². The van der Waals surface area contributed by atoms with Gasteiger partial charge in [0.05, 0.1) is 17.0 Å². The smallest absolute Gasteiger partial charge is 0.237 e. The van der Waals surface area contributed by atoms with Gasteiger partial charge in [0.2, 0.25) is 5.91 Å². The second-order valence-electron chi connectivity index (χ2n) is 4.91. The molecule has 3 rings (SSSR count). The quantitative estimate of drug-likeness (QED) is 0.740. The van der Waals surface area contributed by atoms with Crippen molar-refractivity contribution in [2.24, 2.45) is 0 Å². The van der Waals surface area contributed by atoms with Gasteiger partial charge in [-0.15, -0.1) is 0 Å². The van der Waals surface area contributed by atoms with Crippen molar-refractivity contribution < 1.29 is 13.6 Å². The van der Waals surface area contributed by atoms with Gasteiger partial charge in [0.25, 0.3) is 0 Å². The third-order valence-electron chi connectivity index (χ3n) is 3.24. The zero-order valence-corrected chi connectivity index (χ0v) is 13.0. The normalized spacial score (nSPS) is 12.3. The minimum Gasteiger partial charge on any atom is -0.325 e. The number of halogens is 2. The van der Waals surface area contributed by atoms with E-state index in [1.54, 1.807) is 13.1 Å². The highest BCUT2D eigenvalue weighted by Gasteiger charge is 2.17. The molecule has 2 aromatic heterocycles. The lowest BCUT2D eigenvalue weighted by Gasteiger charge is -2.11. The minimum absolute atomic E-state index is 0.217. The number of carbonyl (C=O) groups is 1. The summed E-state index contributed by atoms with van der Waals surface area (Å²) in [5, 5.41) is 2.81. The molecule has 0 spiro atoms. The number of benzene rings is 1. The molecule has 0 aliphatic heterocycles. The third kappa shape index (κ3) is 3.34. The van der Waals surface area contributed by atoms with Gasteiger partial charge in [-0.1, -0.05) is 17.8 Å². The van der Waals surface area contributed by atoms with Gasteiger partial charge < -0.3 is 5.32 Å². The SMILES string of the molecule is C[C@H](Sc1ncc2ccccn12)C(=O)Nc1ccc(F)c(F)c1. The first kappa shape index (κ1) is 15.5. The van der Waals surface area contributed by atoms with Crippen molar-refractivity contribution in [3.63, 3.8) is 0 Å². The van der Waals surface area contributed by atoms with Crippen molar-refractivity contribution in [3.05, 3.63) is 60.4 Å². The number of pyridine rings is 1. The Morgan fingerprint density at radius 2 is 2.09 bits per heavy atom. The summed E-state index contributed by atoms with van der Waals surface area (Å²) < 4.78 is 27.9. The average molecular weight is 333 g/mol. The van der Waals surface area contributed by atoms with E-state index >= 15 is 0 Å². The van der Waals surface area contributed by atoms with Crippen LogP contribution in [-0.2, 0) is 4.79 Å². The number of amides is 1. The lowest BCUT2D eigenvalue weighted by atomic mass is 10.3. The van der Waals surface area contributed by atoms with Crippen LogP contribution in [0.3, 0.4) is 0 Å². The largest absolute Gasteiger partial charge is 0.325 e. The summed E-state index contributed by atoms with van der Waals surface area (Å²) >= 11 is 1.29. The van der Waals surface area contributed by atoms with Gasteiger partial charge >= 0.3 is 0 Å². The number of nitrogens with one attached hydrogen (secondary N) is 1. The van der Waals surface area contributed by atoms with E-state index in [1.807, 2.05) is 28.8 Å². The fourth-order valence-electron chi connectivity index (χ4n) is 2.04. The third-order valence-corrected chi connectivity index (χ3v) is 4.32. The Hall–Kier alpha value is -2.41. The van der Waals surface area contributed by atoms with Gasteiger partial charge in [0.15, 0.2) is 16.8 Å². The number of nitrogens with zero attached hydrogens (tertiary/aromatic N) is 2.